The topological polar surface area (TPSA) is 140 Å². The van der Waals surface area contributed by atoms with E-state index < -0.39 is 56.6 Å². The summed E-state index contributed by atoms with van der Waals surface area (Å²) >= 11 is 0. The lowest BCUT2D eigenvalue weighted by Crippen LogP contribution is -2.60. The molecule has 1 rings (SSSR count). The first-order valence-corrected chi connectivity index (χ1v) is 5.22. The minimum atomic E-state index is -1.54. The Morgan fingerprint density at radius 1 is 0.941 bits per heavy atom. The molecule has 0 aliphatic carbocycles. The second-order valence-corrected chi connectivity index (χ2v) is 3.82. The second kappa shape index (κ2) is 6.57. The summed E-state index contributed by atoms with van der Waals surface area (Å²) in [6, 6.07) is 0. The van der Waals surface area contributed by atoms with Crippen molar-refractivity contribution in [1.82, 2.24) is 0 Å². The first kappa shape index (κ1) is 14.7. The van der Waals surface area contributed by atoms with Gasteiger partial charge in [-0.15, -0.1) is 0 Å². The van der Waals surface area contributed by atoms with Crippen LogP contribution in [0.4, 0.5) is 0 Å². The van der Waals surface area contributed by atoms with Gasteiger partial charge in [0.15, 0.2) is 6.29 Å². The molecule has 0 bridgehead atoms. The van der Waals surface area contributed by atoms with Crippen molar-refractivity contribution in [2.24, 2.45) is 0 Å². The molecular weight excluding hydrogens is 236 g/mol. The Hall–Kier alpha value is -0.320. The average Bonchev–Trinajstić information content (AvgIpc) is 2.35. The fraction of sp³-hybridized carbons (Fsp3) is 1.00. The molecule has 3 unspecified atom stereocenters. The molecule has 102 valence electrons. The lowest BCUT2D eigenvalue weighted by molar-refractivity contribution is -0.315. The van der Waals surface area contributed by atoms with Gasteiger partial charge in [-0.1, -0.05) is 0 Å². The van der Waals surface area contributed by atoms with Gasteiger partial charge in [-0.2, -0.15) is 0 Å². The number of hydrogen-bond donors (Lipinski definition) is 6. The molecule has 1 fully saturated rings. The summed E-state index contributed by atoms with van der Waals surface area (Å²) < 4.78 is 10.0. The molecule has 6 N–H and O–H groups in total. The van der Waals surface area contributed by atoms with Crippen molar-refractivity contribution < 1.29 is 40.1 Å². The van der Waals surface area contributed by atoms with E-state index in [1.165, 1.54) is 0 Å². The van der Waals surface area contributed by atoms with Crippen molar-refractivity contribution in [2.45, 2.75) is 36.8 Å². The van der Waals surface area contributed by atoms with Gasteiger partial charge in [0, 0.05) is 0 Å². The molecule has 8 heteroatoms. The molecule has 0 aromatic rings. The Morgan fingerprint density at radius 3 is 2.00 bits per heavy atom. The first-order chi connectivity index (χ1) is 8.04. The van der Waals surface area contributed by atoms with E-state index in [1.54, 1.807) is 0 Å². The summed E-state index contributed by atoms with van der Waals surface area (Å²) in [6.45, 7) is -1.55. The van der Waals surface area contributed by atoms with E-state index in [4.69, 9.17) is 24.8 Å². The summed E-state index contributed by atoms with van der Waals surface area (Å²) in [7, 11) is 0. The van der Waals surface area contributed by atoms with Crippen LogP contribution in [0.5, 0.6) is 0 Å². The number of aliphatic hydroxyl groups excluding tert-OH is 6. The van der Waals surface area contributed by atoms with Crippen molar-refractivity contribution in [3.8, 4) is 0 Å². The third-order valence-electron chi connectivity index (χ3n) is 2.58. The Kier molecular flexibility index (Phi) is 5.70. The van der Waals surface area contributed by atoms with Gasteiger partial charge in [-0.3, -0.25) is 0 Å². The highest BCUT2D eigenvalue weighted by Gasteiger charge is 2.44. The maximum Gasteiger partial charge on any atom is 0.187 e. The zero-order valence-electron chi connectivity index (χ0n) is 9.09. The third kappa shape index (κ3) is 3.33. The Labute approximate surface area is 97.6 Å². The van der Waals surface area contributed by atoms with E-state index in [0.29, 0.717) is 0 Å². The Bertz CT molecular complexity index is 217. The van der Waals surface area contributed by atoms with Crippen molar-refractivity contribution in [3.63, 3.8) is 0 Å². The summed E-state index contributed by atoms with van der Waals surface area (Å²) in [5, 5.41) is 55.0. The minimum absolute atomic E-state index is 0.495. The molecule has 0 radical (unpaired) electrons. The van der Waals surface area contributed by atoms with Gasteiger partial charge >= 0.3 is 0 Å². The standard InChI is InChI=1S/C9H18O8/c10-1-4(2-11)16-9-8(15)7(14)6(13)5(3-12)17-9/h4-15H,1-3H2/t5?,6-,7?,8?,9-/m1/s1. The molecule has 0 aromatic carbocycles. The van der Waals surface area contributed by atoms with Gasteiger partial charge < -0.3 is 40.1 Å². The van der Waals surface area contributed by atoms with E-state index in [9.17, 15) is 15.3 Å². The molecule has 0 amide bonds. The molecule has 0 spiro atoms. The largest absolute Gasteiger partial charge is 0.394 e. The van der Waals surface area contributed by atoms with E-state index in [2.05, 4.69) is 0 Å². The minimum Gasteiger partial charge on any atom is -0.394 e. The van der Waals surface area contributed by atoms with Crippen molar-refractivity contribution in [2.75, 3.05) is 19.8 Å². The molecule has 1 saturated heterocycles. The quantitative estimate of drug-likeness (QED) is 0.293. The molecular formula is C9H18O8. The highest BCUT2D eigenvalue weighted by Crippen LogP contribution is 2.22. The van der Waals surface area contributed by atoms with Gasteiger partial charge in [0.05, 0.1) is 19.8 Å². The summed E-state index contributed by atoms with van der Waals surface area (Å²) in [6.07, 6.45) is -7.92. The van der Waals surface area contributed by atoms with Crippen LogP contribution >= 0.6 is 0 Å². The van der Waals surface area contributed by atoms with Crippen LogP contribution in [-0.4, -0.2) is 87.3 Å². The predicted molar refractivity (Wildman–Crippen MR) is 52.8 cm³/mol. The summed E-state index contributed by atoms with van der Waals surface area (Å²) in [5.41, 5.74) is 0. The van der Waals surface area contributed by atoms with Crippen LogP contribution in [-0.2, 0) is 9.47 Å². The lowest BCUT2D eigenvalue weighted by atomic mass is 9.99. The van der Waals surface area contributed by atoms with E-state index in [-0.39, 0.29) is 0 Å². The molecule has 17 heavy (non-hydrogen) atoms. The van der Waals surface area contributed by atoms with Gasteiger partial charge in [0.1, 0.15) is 30.5 Å². The van der Waals surface area contributed by atoms with Crippen molar-refractivity contribution in [1.29, 1.82) is 0 Å². The molecule has 0 saturated carbocycles. The molecule has 8 nitrogen and oxygen atoms in total. The number of ether oxygens (including phenoxy) is 2. The van der Waals surface area contributed by atoms with Gasteiger partial charge in [-0.25, -0.2) is 0 Å². The summed E-state index contributed by atoms with van der Waals surface area (Å²) in [5.74, 6) is 0. The fourth-order valence-corrected chi connectivity index (χ4v) is 1.51. The highest BCUT2D eigenvalue weighted by molar-refractivity contribution is 4.89. The van der Waals surface area contributed by atoms with Crippen LogP contribution in [0.15, 0.2) is 0 Å². The lowest BCUT2D eigenvalue weighted by Gasteiger charge is -2.40. The van der Waals surface area contributed by atoms with E-state index >= 15 is 0 Å². The SMILES string of the molecule is OCC(CO)O[C@@H]1OC(CO)[C@@H](O)C(O)C1O. The van der Waals surface area contributed by atoms with Gasteiger partial charge in [-0.05, 0) is 0 Å². The molecule has 1 aliphatic rings. The van der Waals surface area contributed by atoms with Crippen LogP contribution in [0.2, 0.25) is 0 Å². The second-order valence-electron chi connectivity index (χ2n) is 3.82. The van der Waals surface area contributed by atoms with Crippen LogP contribution in [0.25, 0.3) is 0 Å². The number of hydrogen-bond acceptors (Lipinski definition) is 8. The Morgan fingerprint density at radius 2 is 1.53 bits per heavy atom. The number of rotatable bonds is 5. The van der Waals surface area contributed by atoms with Gasteiger partial charge in [0.2, 0.25) is 0 Å². The highest BCUT2D eigenvalue weighted by atomic mass is 16.7. The monoisotopic (exact) mass is 254 g/mol. The van der Waals surface area contributed by atoms with E-state index in [0.717, 1.165) is 0 Å². The van der Waals surface area contributed by atoms with Crippen LogP contribution < -0.4 is 0 Å². The van der Waals surface area contributed by atoms with Crippen LogP contribution in [0.1, 0.15) is 0 Å². The predicted octanol–water partition coefficient (Wildman–Crippen LogP) is -3.84. The number of aliphatic hydroxyl groups is 6. The smallest absolute Gasteiger partial charge is 0.187 e. The Balaban J connectivity index is 2.65. The maximum atomic E-state index is 9.56. The molecule has 1 heterocycles. The molecule has 1 aliphatic heterocycles. The maximum absolute atomic E-state index is 9.56. The fourth-order valence-electron chi connectivity index (χ4n) is 1.51. The van der Waals surface area contributed by atoms with Crippen LogP contribution in [0.3, 0.4) is 0 Å². The summed E-state index contributed by atoms with van der Waals surface area (Å²) in [4.78, 5) is 0. The van der Waals surface area contributed by atoms with Crippen LogP contribution in [0, 0.1) is 0 Å². The zero-order valence-corrected chi connectivity index (χ0v) is 9.09. The van der Waals surface area contributed by atoms with Gasteiger partial charge in [0.25, 0.3) is 0 Å². The van der Waals surface area contributed by atoms with E-state index in [1.807, 2.05) is 0 Å². The van der Waals surface area contributed by atoms with Crippen molar-refractivity contribution in [3.05, 3.63) is 0 Å². The third-order valence-corrected chi connectivity index (χ3v) is 2.58. The first-order valence-electron chi connectivity index (χ1n) is 5.22. The zero-order chi connectivity index (χ0) is 13.0. The van der Waals surface area contributed by atoms with Crippen molar-refractivity contribution >= 4 is 0 Å². The molecule has 5 atom stereocenters. The average molecular weight is 254 g/mol. The normalized spacial score (nSPS) is 38.6. The molecule has 0 aromatic heterocycles.